The summed E-state index contributed by atoms with van der Waals surface area (Å²) >= 11 is 1.22. The van der Waals surface area contributed by atoms with Gasteiger partial charge in [0.2, 0.25) is 0 Å². The summed E-state index contributed by atoms with van der Waals surface area (Å²) in [6.07, 6.45) is 1.61. The molecule has 1 aromatic heterocycles. The number of carbonyl (C=O) groups excluding carboxylic acids is 1. The number of benzene rings is 2. The molecule has 0 spiro atoms. The largest absolute Gasteiger partial charge is 0.456 e. The second-order valence-corrected chi connectivity index (χ2v) is 8.72. The van der Waals surface area contributed by atoms with Crippen molar-refractivity contribution in [3.05, 3.63) is 85.5 Å². The van der Waals surface area contributed by atoms with E-state index in [9.17, 15) is 14.9 Å². The first-order chi connectivity index (χ1) is 15.2. The highest BCUT2D eigenvalue weighted by Crippen LogP contribution is 2.35. The van der Waals surface area contributed by atoms with Crippen LogP contribution in [0.15, 0.2) is 56.8 Å². The summed E-state index contributed by atoms with van der Waals surface area (Å²) in [5.41, 5.74) is 5.06. The van der Waals surface area contributed by atoms with Crippen LogP contribution < -0.4 is 5.32 Å². The number of nitrogens with zero attached hydrogens (tertiary/aromatic N) is 2. The van der Waals surface area contributed by atoms with Crippen LogP contribution in [0.4, 0.5) is 11.4 Å². The molecule has 1 fully saturated rings. The van der Waals surface area contributed by atoms with Crippen molar-refractivity contribution in [1.29, 1.82) is 0 Å². The van der Waals surface area contributed by atoms with Crippen LogP contribution in [0.2, 0.25) is 0 Å². The van der Waals surface area contributed by atoms with Crippen molar-refractivity contribution >= 4 is 40.3 Å². The molecule has 2 heterocycles. The number of thioether (sulfide) groups is 1. The smallest absolute Gasteiger partial charge is 0.280 e. The monoisotopic (exact) mass is 447 g/mol. The van der Waals surface area contributed by atoms with Crippen molar-refractivity contribution in [2.75, 3.05) is 0 Å². The summed E-state index contributed by atoms with van der Waals surface area (Å²) in [4.78, 5) is 28.5. The van der Waals surface area contributed by atoms with Gasteiger partial charge in [-0.05, 0) is 86.0 Å². The minimum atomic E-state index is -0.418. The normalized spacial score (nSPS) is 16.1. The van der Waals surface area contributed by atoms with Crippen molar-refractivity contribution in [2.24, 2.45) is 4.99 Å². The van der Waals surface area contributed by atoms with E-state index in [2.05, 4.69) is 10.3 Å². The van der Waals surface area contributed by atoms with Gasteiger partial charge in [-0.1, -0.05) is 12.1 Å². The van der Waals surface area contributed by atoms with Gasteiger partial charge in [0, 0.05) is 12.1 Å². The van der Waals surface area contributed by atoms with Crippen molar-refractivity contribution in [3.63, 3.8) is 0 Å². The van der Waals surface area contributed by atoms with E-state index in [1.165, 1.54) is 11.8 Å². The minimum Gasteiger partial charge on any atom is -0.456 e. The number of hydrogen-bond donors (Lipinski definition) is 1. The molecule has 1 amide bonds. The van der Waals surface area contributed by atoms with Crippen LogP contribution in [0.5, 0.6) is 0 Å². The van der Waals surface area contributed by atoms with Crippen LogP contribution in [-0.2, 0) is 4.79 Å². The number of nitro groups is 1. The van der Waals surface area contributed by atoms with Gasteiger partial charge in [0.1, 0.15) is 11.5 Å². The molecule has 0 atom stereocenters. The maximum absolute atomic E-state index is 12.4. The second kappa shape index (κ2) is 8.47. The Labute approximate surface area is 189 Å². The number of amidine groups is 1. The highest BCUT2D eigenvalue weighted by molar-refractivity contribution is 8.18. The number of nitrogens with one attached hydrogen (secondary N) is 1. The fourth-order valence-electron chi connectivity index (χ4n) is 3.28. The molecular formula is C24H21N3O4S. The maximum Gasteiger partial charge on any atom is 0.280 e. The summed E-state index contributed by atoms with van der Waals surface area (Å²) < 4.78 is 5.84. The number of hydrogen-bond acceptors (Lipinski definition) is 6. The summed E-state index contributed by atoms with van der Waals surface area (Å²) in [5, 5.41) is 14.8. The molecule has 4 rings (SSSR count). The third-order valence-corrected chi connectivity index (χ3v) is 6.12. The summed E-state index contributed by atoms with van der Waals surface area (Å²) in [6, 6.07) is 12.6. The number of amides is 1. The molecule has 0 saturated carbocycles. The van der Waals surface area contributed by atoms with Gasteiger partial charge in [-0.25, -0.2) is 4.99 Å². The van der Waals surface area contributed by atoms with Crippen LogP contribution in [0.1, 0.15) is 28.0 Å². The molecule has 1 aliphatic heterocycles. The Kier molecular flexibility index (Phi) is 5.71. The van der Waals surface area contributed by atoms with Crippen LogP contribution >= 0.6 is 11.8 Å². The van der Waals surface area contributed by atoms with Crippen LogP contribution in [0, 0.1) is 37.8 Å². The lowest BCUT2D eigenvalue weighted by Crippen LogP contribution is -2.19. The van der Waals surface area contributed by atoms with Crippen molar-refractivity contribution in [1.82, 2.24) is 5.32 Å². The first-order valence-corrected chi connectivity index (χ1v) is 10.8. The molecular weight excluding hydrogens is 426 g/mol. The summed E-state index contributed by atoms with van der Waals surface area (Å²) in [7, 11) is 0. The predicted octanol–water partition coefficient (Wildman–Crippen LogP) is 5.98. The highest BCUT2D eigenvalue weighted by atomic mass is 32.2. The Hall–Kier alpha value is -3.65. The third kappa shape index (κ3) is 4.36. The number of rotatable bonds is 4. The van der Waals surface area contributed by atoms with Crippen molar-refractivity contribution < 1.29 is 14.1 Å². The second-order valence-electron chi connectivity index (χ2n) is 7.68. The van der Waals surface area contributed by atoms with Gasteiger partial charge in [0.25, 0.3) is 11.6 Å². The van der Waals surface area contributed by atoms with E-state index < -0.39 is 4.92 Å². The van der Waals surface area contributed by atoms with Gasteiger partial charge in [0.15, 0.2) is 5.17 Å². The molecule has 0 bridgehead atoms. The zero-order valence-electron chi connectivity index (χ0n) is 18.1. The molecule has 0 unspecified atom stereocenters. The molecule has 1 N–H and O–H groups in total. The van der Waals surface area contributed by atoms with Gasteiger partial charge in [-0.3, -0.25) is 14.9 Å². The Balaban J connectivity index is 1.62. The van der Waals surface area contributed by atoms with E-state index in [4.69, 9.17) is 4.42 Å². The van der Waals surface area contributed by atoms with E-state index in [0.717, 1.165) is 27.9 Å². The lowest BCUT2D eigenvalue weighted by molar-refractivity contribution is -0.384. The predicted molar refractivity (Wildman–Crippen MR) is 127 cm³/mol. The van der Waals surface area contributed by atoms with Crippen LogP contribution in [0.3, 0.4) is 0 Å². The topological polar surface area (TPSA) is 97.7 Å². The molecule has 162 valence electrons. The summed E-state index contributed by atoms with van der Waals surface area (Å²) in [6.45, 7) is 7.68. The lowest BCUT2D eigenvalue weighted by atomic mass is 10.0. The van der Waals surface area contributed by atoms with Gasteiger partial charge < -0.3 is 9.73 Å². The number of nitro benzene ring substituents is 1. The Morgan fingerprint density at radius 3 is 2.53 bits per heavy atom. The van der Waals surface area contributed by atoms with Crippen LogP contribution in [0.25, 0.3) is 17.4 Å². The zero-order chi connectivity index (χ0) is 23.0. The molecule has 32 heavy (non-hydrogen) atoms. The van der Waals surface area contributed by atoms with Gasteiger partial charge in [-0.15, -0.1) is 0 Å². The highest BCUT2D eigenvalue weighted by Gasteiger charge is 2.25. The van der Waals surface area contributed by atoms with E-state index in [-0.39, 0.29) is 11.6 Å². The first kappa shape index (κ1) is 21.6. The summed E-state index contributed by atoms with van der Waals surface area (Å²) in [5.74, 6) is 0.534. The lowest BCUT2D eigenvalue weighted by Gasteiger charge is -2.04. The molecule has 1 aliphatic rings. The number of aliphatic imine (C=N–C) groups is 1. The van der Waals surface area contributed by atoms with E-state index in [1.807, 2.05) is 45.9 Å². The van der Waals surface area contributed by atoms with Crippen molar-refractivity contribution in [2.45, 2.75) is 27.7 Å². The average Bonchev–Trinajstić information content (AvgIpc) is 3.33. The average molecular weight is 448 g/mol. The molecule has 1 saturated heterocycles. The Bertz CT molecular complexity index is 1320. The molecule has 8 heteroatoms. The molecule has 3 aromatic rings. The zero-order valence-corrected chi connectivity index (χ0v) is 18.9. The fraction of sp³-hybridized carbons (Fsp3) is 0.167. The molecule has 2 aromatic carbocycles. The number of aryl methyl sites for hydroxylation is 4. The standard InChI is InChI=1S/C24H21N3O4S/c1-13-5-6-14(2)19(9-13)25-24-26-23(28)22(32-24)12-17-7-8-21(31-17)18-10-15(3)16(4)11-20(18)27(29)30/h5-12H,1-4H3,(H,25,26,28)/b22-12-. The molecule has 0 radical (unpaired) electrons. The van der Waals surface area contributed by atoms with Crippen LogP contribution in [-0.4, -0.2) is 16.0 Å². The van der Waals surface area contributed by atoms with Gasteiger partial charge in [0.05, 0.1) is 21.1 Å². The molecule has 0 aliphatic carbocycles. The number of furan rings is 1. The van der Waals surface area contributed by atoms with Crippen molar-refractivity contribution in [3.8, 4) is 11.3 Å². The number of carbonyl (C=O) groups is 1. The molecule has 7 nitrogen and oxygen atoms in total. The van der Waals surface area contributed by atoms with E-state index in [1.54, 1.807) is 30.3 Å². The maximum atomic E-state index is 12.4. The Morgan fingerprint density at radius 1 is 1.03 bits per heavy atom. The Morgan fingerprint density at radius 2 is 1.78 bits per heavy atom. The quantitative estimate of drug-likeness (QED) is 0.301. The minimum absolute atomic E-state index is 0.0161. The van der Waals surface area contributed by atoms with Gasteiger partial charge >= 0.3 is 0 Å². The van der Waals surface area contributed by atoms with E-state index >= 15 is 0 Å². The fourth-order valence-corrected chi connectivity index (χ4v) is 4.10. The first-order valence-electron chi connectivity index (χ1n) is 9.94. The third-order valence-electron chi connectivity index (χ3n) is 5.21. The SMILES string of the molecule is Cc1ccc(C)c(N=C2NC(=O)/C(=C/c3ccc(-c4cc(C)c(C)cc4[N+](=O)[O-])o3)S2)c1. The van der Waals surface area contributed by atoms with Gasteiger partial charge in [-0.2, -0.15) is 0 Å². The van der Waals surface area contributed by atoms with E-state index in [0.29, 0.717) is 27.2 Å².